The zero-order valence-electron chi connectivity index (χ0n) is 13.3. The summed E-state index contributed by atoms with van der Waals surface area (Å²) < 4.78 is 0. The number of hydrogen-bond acceptors (Lipinski definition) is 5. The van der Waals surface area contributed by atoms with Gasteiger partial charge in [0.05, 0.1) is 22.7 Å². The molecule has 2 aromatic carbocycles. The third-order valence-electron chi connectivity index (χ3n) is 3.52. The highest BCUT2D eigenvalue weighted by Crippen LogP contribution is 2.24. The van der Waals surface area contributed by atoms with Gasteiger partial charge in [-0.2, -0.15) is 0 Å². The fraction of sp³-hybridized carbons (Fsp3) is 0.176. The molecule has 2 aromatic rings. The fourth-order valence-corrected chi connectivity index (χ4v) is 2.16. The molecule has 0 atom stereocenters. The molecule has 7 heteroatoms. The van der Waals surface area contributed by atoms with E-state index in [9.17, 15) is 19.7 Å². The van der Waals surface area contributed by atoms with Gasteiger partial charge in [0, 0.05) is 17.3 Å². The minimum absolute atomic E-state index is 0.00154. The lowest BCUT2D eigenvalue weighted by atomic mass is 10.1. The number of amides is 1. The number of carbonyl (C=O) groups is 2. The highest BCUT2D eigenvalue weighted by atomic mass is 16.6. The van der Waals surface area contributed by atoms with Gasteiger partial charge >= 0.3 is 0 Å². The van der Waals surface area contributed by atoms with Crippen molar-refractivity contribution in [1.29, 1.82) is 0 Å². The molecule has 0 unspecified atom stereocenters. The summed E-state index contributed by atoms with van der Waals surface area (Å²) in [7, 11) is 0. The van der Waals surface area contributed by atoms with Gasteiger partial charge in [-0.15, -0.1) is 0 Å². The van der Waals surface area contributed by atoms with Crippen LogP contribution >= 0.6 is 0 Å². The van der Waals surface area contributed by atoms with Crippen molar-refractivity contribution in [2.45, 2.75) is 13.8 Å². The molecule has 0 radical (unpaired) electrons. The summed E-state index contributed by atoms with van der Waals surface area (Å²) in [5, 5.41) is 16.5. The van der Waals surface area contributed by atoms with Crippen molar-refractivity contribution < 1.29 is 14.5 Å². The second kappa shape index (κ2) is 7.36. The largest absolute Gasteiger partial charge is 0.376 e. The lowest BCUT2D eigenvalue weighted by molar-refractivity contribution is -0.385. The van der Waals surface area contributed by atoms with Crippen LogP contribution in [-0.2, 0) is 4.79 Å². The number of ketones is 1. The number of benzene rings is 2. The van der Waals surface area contributed by atoms with Gasteiger partial charge in [0.1, 0.15) is 0 Å². The van der Waals surface area contributed by atoms with Gasteiger partial charge in [0.25, 0.3) is 5.69 Å². The molecule has 7 nitrogen and oxygen atoms in total. The number of nitrogens with zero attached hydrogens (tertiary/aromatic N) is 1. The zero-order chi connectivity index (χ0) is 17.7. The summed E-state index contributed by atoms with van der Waals surface area (Å²) in [5.41, 5.74) is 2.06. The lowest BCUT2D eigenvalue weighted by Gasteiger charge is -2.10. The van der Waals surface area contributed by atoms with Gasteiger partial charge in [-0.25, -0.2) is 0 Å². The van der Waals surface area contributed by atoms with E-state index in [1.165, 1.54) is 19.1 Å². The molecular formula is C17H17N3O4. The Labute approximate surface area is 138 Å². The number of nitro groups is 1. The highest BCUT2D eigenvalue weighted by Gasteiger charge is 2.14. The van der Waals surface area contributed by atoms with E-state index in [0.717, 1.165) is 0 Å². The summed E-state index contributed by atoms with van der Waals surface area (Å²) in [6.07, 6.45) is 0. The summed E-state index contributed by atoms with van der Waals surface area (Å²) in [6, 6.07) is 11.3. The van der Waals surface area contributed by atoms with Crippen LogP contribution in [0.15, 0.2) is 42.5 Å². The quantitative estimate of drug-likeness (QED) is 0.482. The number of carbonyl (C=O) groups excluding carboxylic acids is 2. The van der Waals surface area contributed by atoms with Crippen molar-refractivity contribution in [3.63, 3.8) is 0 Å². The Bertz CT molecular complexity index is 785. The van der Waals surface area contributed by atoms with Crippen molar-refractivity contribution in [3.05, 3.63) is 63.7 Å². The van der Waals surface area contributed by atoms with E-state index in [2.05, 4.69) is 10.6 Å². The normalized spacial score (nSPS) is 10.1. The molecule has 0 aliphatic rings. The maximum Gasteiger partial charge on any atom is 0.274 e. The first-order valence-electron chi connectivity index (χ1n) is 7.27. The third kappa shape index (κ3) is 4.16. The Morgan fingerprint density at radius 2 is 1.79 bits per heavy atom. The van der Waals surface area contributed by atoms with Crippen LogP contribution in [0, 0.1) is 17.0 Å². The van der Waals surface area contributed by atoms with Gasteiger partial charge < -0.3 is 10.6 Å². The van der Waals surface area contributed by atoms with Crippen molar-refractivity contribution >= 4 is 28.8 Å². The molecule has 0 saturated heterocycles. The second-order valence-corrected chi connectivity index (χ2v) is 5.24. The Morgan fingerprint density at radius 3 is 2.38 bits per heavy atom. The van der Waals surface area contributed by atoms with Crippen molar-refractivity contribution in [1.82, 2.24) is 0 Å². The molecule has 124 valence electrons. The van der Waals surface area contributed by atoms with Crippen LogP contribution in [0.2, 0.25) is 0 Å². The zero-order valence-corrected chi connectivity index (χ0v) is 13.3. The average molecular weight is 327 g/mol. The van der Waals surface area contributed by atoms with Gasteiger partial charge in [0.15, 0.2) is 5.78 Å². The standard InChI is InChI=1S/C17H17N3O4/c1-11-15(4-3-5-16(11)20(23)24)19-17(22)10-18-14-8-6-13(7-9-14)12(2)21/h3-9,18H,10H2,1-2H3,(H,19,22). The first-order valence-corrected chi connectivity index (χ1v) is 7.27. The van der Waals surface area contributed by atoms with Gasteiger partial charge in [0.2, 0.25) is 5.91 Å². The summed E-state index contributed by atoms with van der Waals surface area (Å²) in [4.78, 5) is 33.6. The number of hydrogen-bond donors (Lipinski definition) is 2. The Kier molecular flexibility index (Phi) is 5.26. The molecular weight excluding hydrogens is 310 g/mol. The first kappa shape index (κ1) is 17.1. The molecule has 0 fully saturated rings. The minimum Gasteiger partial charge on any atom is -0.376 e. The van der Waals surface area contributed by atoms with E-state index < -0.39 is 4.92 Å². The summed E-state index contributed by atoms with van der Waals surface area (Å²) in [6.45, 7) is 3.07. The van der Waals surface area contributed by atoms with Crippen molar-refractivity contribution in [2.24, 2.45) is 0 Å². The van der Waals surface area contributed by atoms with Crippen LogP contribution < -0.4 is 10.6 Å². The number of anilines is 2. The van der Waals surface area contributed by atoms with Crippen LogP contribution in [0.3, 0.4) is 0 Å². The molecule has 0 spiro atoms. The highest BCUT2D eigenvalue weighted by molar-refractivity contribution is 5.95. The van der Waals surface area contributed by atoms with Crippen molar-refractivity contribution in [2.75, 3.05) is 17.2 Å². The molecule has 2 rings (SSSR count). The molecule has 0 saturated carbocycles. The van der Waals surface area contributed by atoms with Crippen LogP contribution in [0.1, 0.15) is 22.8 Å². The molecule has 0 bridgehead atoms. The van der Waals surface area contributed by atoms with E-state index in [4.69, 9.17) is 0 Å². The Morgan fingerprint density at radius 1 is 1.12 bits per heavy atom. The fourth-order valence-electron chi connectivity index (χ4n) is 2.16. The Balaban J connectivity index is 1.98. The predicted molar refractivity (Wildman–Crippen MR) is 91.4 cm³/mol. The number of rotatable bonds is 6. The van der Waals surface area contributed by atoms with Gasteiger partial charge in [-0.3, -0.25) is 19.7 Å². The lowest BCUT2D eigenvalue weighted by Crippen LogP contribution is -2.22. The monoisotopic (exact) mass is 327 g/mol. The van der Waals surface area contributed by atoms with E-state index in [1.807, 2.05) is 0 Å². The number of Topliss-reactive ketones (excluding diaryl/α,β-unsaturated/α-hetero) is 1. The van der Waals surface area contributed by atoms with E-state index >= 15 is 0 Å². The smallest absolute Gasteiger partial charge is 0.274 e. The van der Waals surface area contributed by atoms with Crippen LogP contribution in [-0.4, -0.2) is 23.2 Å². The molecule has 0 heterocycles. The van der Waals surface area contributed by atoms with E-state index in [1.54, 1.807) is 37.3 Å². The van der Waals surface area contributed by atoms with Crippen LogP contribution in [0.5, 0.6) is 0 Å². The maximum atomic E-state index is 12.0. The molecule has 2 N–H and O–H groups in total. The summed E-state index contributed by atoms with van der Waals surface area (Å²) in [5.74, 6) is -0.352. The molecule has 0 aliphatic heterocycles. The van der Waals surface area contributed by atoms with Crippen LogP contribution in [0.4, 0.5) is 17.1 Å². The molecule has 1 amide bonds. The number of nitrogens with one attached hydrogen (secondary N) is 2. The average Bonchev–Trinajstić information content (AvgIpc) is 2.55. The Hall–Kier alpha value is -3.22. The maximum absolute atomic E-state index is 12.0. The third-order valence-corrected chi connectivity index (χ3v) is 3.52. The first-order chi connectivity index (χ1) is 11.4. The second-order valence-electron chi connectivity index (χ2n) is 5.24. The summed E-state index contributed by atoms with van der Waals surface area (Å²) >= 11 is 0. The van der Waals surface area contributed by atoms with Crippen LogP contribution in [0.25, 0.3) is 0 Å². The van der Waals surface area contributed by atoms with E-state index in [0.29, 0.717) is 22.5 Å². The topological polar surface area (TPSA) is 101 Å². The SMILES string of the molecule is CC(=O)c1ccc(NCC(=O)Nc2cccc([N+](=O)[O-])c2C)cc1. The minimum atomic E-state index is -0.486. The number of nitro benzene ring substituents is 1. The molecule has 24 heavy (non-hydrogen) atoms. The van der Waals surface area contributed by atoms with Gasteiger partial charge in [-0.05, 0) is 44.2 Å². The van der Waals surface area contributed by atoms with Crippen molar-refractivity contribution in [3.8, 4) is 0 Å². The predicted octanol–water partition coefficient (Wildman–Crippen LogP) is 3.16. The van der Waals surface area contributed by atoms with Gasteiger partial charge in [-0.1, -0.05) is 6.07 Å². The molecule has 0 aliphatic carbocycles. The van der Waals surface area contributed by atoms with E-state index in [-0.39, 0.29) is 23.9 Å². The molecule has 0 aromatic heterocycles.